The van der Waals surface area contributed by atoms with Crippen molar-refractivity contribution in [2.45, 2.75) is 0 Å². The molecule has 18 heavy (non-hydrogen) atoms. The number of rotatable bonds is 2. The molecule has 0 radical (unpaired) electrons. The van der Waals surface area contributed by atoms with E-state index in [2.05, 4.69) is 10.3 Å². The lowest BCUT2D eigenvalue weighted by Gasteiger charge is -2.05. The highest BCUT2D eigenvalue weighted by atomic mass is 35.5. The SMILES string of the molecule is N#Cc1cncc(C(=O)Nc2cccc(Cl)c2)c1. The smallest absolute Gasteiger partial charge is 0.257 e. The fraction of sp³-hybridized carbons (Fsp3) is 0. The highest BCUT2D eigenvalue weighted by molar-refractivity contribution is 6.30. The van der Waals surface area contributed by atoms with Crippen molar-refractivity contribution in [3.63, 3.8) is 0 Å². The summed E-state index contributed by atoms with van der Waals surface area (Å²) in [5.41, 5.74) is 1.26. The summed E-state index contributed by atoms with van der Waals surface area (Å²) in [6.07, 6.45) is 2.80. The van der Waals surface area contributed by atoms with E-state index in [1.165, 1.54) is 18.5 Å². The number of carbonyl (C=O) groups excluding carboxylic acids is 1. The second kappa shape index (κ2) is 5.30. The van der Waals surface area contributed by atoms with Crippen LogP contribution in [0.25, 0.3) is 0 Å². The molecule has 0 saturated heterocycles. The average molecular weight is 258 g/mol. The maximum Gasteiger partial charge on any atom is 0.257 e. The van der Waals surface area contributed by atoms with Crippen molar-refractivity contribution >= 4 is 23.2 Å². The molecule has 1 heterocycles. The van der Waals surface area contributed by atoms with Gasteiger partial charge in [0.25, 0.3) is 5.91 Å². The maximum atomic E-state index is 11.9. The molecule has 0 atom stereocenters. The van der Waals surface area contributed by atoms with Crippen LogP contribution in [0.5, 0.6) is 0 Å². The first-order valence-electron chi connectivity index (χ1n) is 5.11. The molecule has 0 spiro atoms. The van der Waals surface area contributed by atoms with Crippen LogP contribution < -0.4 is 5.32 Å². The Morgan fingerprint density at radius 3 is 2.89 bits per heavy atom. The molecule has 4 nitrogen and oxygen atoms in total. The normalized spacial score (nSPS) is 9.56. The van der Waals surface area contributed by atoms with Crippen molar-refractivity contribution in [2.75, 3.05) is 5.32 Å². The fourth-order valence-electron chi connectivity index (χ4n) is 1.39. The average Bonchev–Trinajstić information content (AvgIpc) is 2.39. The number of benzene rings is 1. The molecular weight excluding hydrogens is 250 g/mol. The number of carbonyl (C=O) groups is 1. The molecule has 0 aliphatic heterocycles. The van der Waals surface area contributed by atoms with Crippen LogP contribution in [0, 0.1) is 11.3 Å². The summed E-state index contributed by atoms with van der Waals surface area (Å²) in [4.78, 5) is 15.7. The van der Waals surface area contributed by atoms with Crippen LogP contribution in [0.15, 0.2) is 42.7 Å². The van der Waals surface area contributed by atoms with E-state index in [0.29, 0.717) is 21.8 Å². The third kappa shape index (κ3) is 2.84. The molecular formula is C13H8ClN3O. The van der Waals surface area contributed by atoms with Crippen LogP contribution in [0.4, 0.5) is 5.69 Å². The van der Waals surface area contributed by atoms with Gasteiger partial charge in [-0.2, -0.15) is 5.26 Å². The number of halogens is 1. The third-order valence-electron chi connectivity index (χ3n) is 2.21. The van der Waals surface area contributed by atoms with Gasteiger partial charge in [-0.15, -0.1) is 0 Å². The Kier molecular flexibility index (Phi) is 3.56. The zero-order chi connectivity index (χ0) is 13.0. The lowest BCUT2D eigenvalue weighted by atomic mass is 10.2. The Balaban J connectivity index is 2.20. The van der Waals surface area contributed by atoms with Gasteiger partial charge in [-0.05, 0) is 24.3 Å². The van der Waals surface area contributed by atoms with Gasteiger partial charge in [-0.1, -0.05) is 17.7 Å². The van der Waals surface area contributed by atoms with E-state index >= 15 is 0 Å². The third-order valence-corrected chi connectivity index (χ3v) is 2.45. The van der Waals surface area contributed by atoms with Crippen LogP contribution in [-0.4, -0.2) is 10.9 Å². The summed E-state index contributed by atoms with van der Waals surface area (Å²) in [5, 5.41) is 11.9. The molecule has 0 fully saturated rings. The number of nitrogens with one attached hydrogen (secondary N) is 1. The van der Waals surface area contributed by atoms with E-state index in [1.807, 2.05) is 6.07 Å². The van der Waals surface area contributed by atoms with Crippen molar-refractivity contribution < 1.29 is 4.79 Å². The zero-order valence-electron chi connectivity index (χ0n) is 9.22. The summed E-state index contributed by atoms with van der Waals surface area (Å²) in [7, 11) is 0. The van der Waals surface area contributed by atoms with Crippen LogP contribution in [-0.2, 0) is 0 Å². The molecule has 2 aromatic rings. The second-order valence-corrected chi connectivity index (χ2v) is 3.98. The van der Waals surface area contributed by atoms with Crippen LogP contribution in [0.3, 0.4) is 0 Å². The number of nitriles is 1. The van der Waals surface area contributed by atoms with Gasteiger partial charge in [-0.3, -0.25) is 9.78 Å². The molecule has 0 saturated carbocycles. The lowest BCUT2D eigenvalue weighted by molar-refractivity contribution is 0.102. The largest absolute Gasteiger partial charge is 0.322 e. The molecule has 0 bridgehead atoms. The van der Waals surface area contributed by atoms with Crippen LogP contribution in [0.2, 0.25) is 5.02 Å². The van der Waals surface area contributed by atoms with Gasteiger partial charge in [0.1, 0.15) is 6.07 Å². The Labute approximate surface area is 109 Å². The summed E-state index contributed by atoms with van der Waals surface area (Å²) in [5.74, 6) is -0.332. The van der Waals surface area contributed by atoms with Crippen LogP contribution >= 0.6 is 11.6 Å². The summed E-state index contributed by atoms with van der Waals surface area (Å²) in [6, 6.07) is 10.2. The molecule has 0 aliphatic carbocycles. The minimum atomic E-state index is -0.332. The van der Waals surface area contributed by atoms with E-state index in [9.17, 15) is 4.79 Å². The molecule has 88 valence electrons. The van der Waals surface area contributed by atoms with Crippen molar-refractivity contribution in [1.82, 2.24) is 4.98 Å². The Morgan fingerprint density at radius 1 is 1.33 bits per heavy atom. The van der Waals surface area contributed by atoms with E-state index in [1.54, 1.807) is 24.3 Å². The molecule has 1 aromatic carbocycles. The highest BCUT2D eigenvalue weighted by Gasteiger charge is 2.07. The van der Waals surface area contributed by atoms with E-state index < -0.39 is 0 Å². The minimum Gasteiger partial charge on any atom is -0.322 e. The van der Waals surface area contributed by atoms with Crippen molar-refractivity contribution in [3.05, 3.63) is 58.9 Å². The Bertz CT molecular complexity index is 634. The Hall–Kier alpha value is -2.38. The Morgan fingerprint density at radius 2 is 2.17 bits per heavy atom. The first kappa shape index (κ1) is 12.1. The van der Waals surface area contributed by atoms with Crippen molar-refractivity contribution in [1.29, 1.82) is 5.26 Å². The van der Waals surface area contributed by atoms with Gasteiger partial charge in [0, 0.05) is 23.1 Å². The number of amides is 1. The van der Waals surface area contributed by atoms with Gasteiger partial charge in [0.05, 0.1) is 11.1 Å². The topological polar surface area (TPSA) is 65.8 Å². The van der Waals surface area contributed by atoms with Gasteiger partial charge in [0.2, 0.25) is 0 Å². The molecule has 0 aliphatic rings. The fourth-order valence-corrected chi connectivity index (χ4v) is 1.59. The second-order valence-electron chi connectivity index (χ2n) is 3.54. The number of hydrogen-bond acceptors (Lipinski definition) is 3. The molecule has 2 rings (SSSR count). The first-order chi connectivity index (χ1) is 8.69. The quantitative estimate of drug-likeness (QED) is 0.900. The standard InChI is InChI=1S/C13H8ClN3O/c14-11-2-1-3-12(5-11)17-13(18)10-4-9(6-15)7-16-8-10/h1-5,7-8H,(H,17,18). The van der Waals surface area contributed by atoms with E-state index in [-0.39, 0.29) is 5.91 Å². The number of nitrogens with zero attached hydrogens (tertiary/aromatic N) is 2. The zero-order valence-corrected chi connectivity index (χ0v) is 9.98. The number of anilines is 1. The molecule has 0 unspecified atom stereocenters. The predicted molar refractivity (Wildman–Crippen MR) is 68.4 cm³/mol. The first-order valence-corrected chi connectivity index (χ1v) is 5.49. The summed E-state index contributed by atoms with van der Waals surface area (Å²) in [6.45, 7) is 0. The number of hydrogen-bond donors (Lipinski definition) is 1. The molecule has 1 amide bonds. The van der Waals surface area contributed by atoms with Crippen molar-refractivity contribution in [3.8, 4) is 6.07 Å². The highest BCUT2D eigenvalue weighted by Crippen LogP contribution is 2.15. The minimum absolute atomic E-state index is 0.328. The van der Waals surface area contributed by atoms with Gasteiger partial charge < -0.3 is 5.32 Å². The van der Waals surface area contributed by atoms with Crippen LogP contribution in [0.1, 0.15) is 15.9 Å². The molecule has 1 aromatic heterocycles. The van der Waals surface area contributed by atoms with E-state index in [4.69, 9.17) is 16.9 Å². The number of aromatic nitrogens is 1. The predicted octanol–water partition coefficient (Wildman–Crippen LogP) is 2.86. The monoisotopic (exact) mass is 257 g/mol. The number of pyridine rings is 1. The summed E-state index contributed by atoms with van der Waals surface area (Å²) >= 11 is 5.82. The van der Waals surface area contributed by atoms with Gasteiger partial charge in [-0.25, -0.2) is 0 Å². The summed E-state index contributed by atoms with van der Waals surface area (Å²) < 4.78 is 0. The van der Waals surface area contributed by atoms with E-state index in [0.717, 1.165) is 0 Å². The van der Waals surface area contributed by atoms with Gasteiger partial charge in [0.15, 0.2) is 0 Å². The maximum absolute atomic E-state index is 11.9. The van der Waals surface area contributed by atoms with Gasteiger partial charge >= 0.3 is 0 Å². The van der Waals surface area contributed by atoms with Crippen molar-refractivity contribution in [2.24, 2.45) is 0 Å². The lowest BCUT2D eigenvalue weighted by Crippen LogP contribution is -2.12. The molecule has 5 heteroatoms. The molecule has 1 N–H and O–H groups in total.